The van der Waals surface area contributed by atoms with Gasteiger partial charge in [-0.15, -0.1) is 0 Å². The highest BCUT2D eigenvalue weighted by Gasteiger charge is 2.54. The highest BCUT2D eigenvalue weighted by molar-refractivity contribution is 5.45. The second kappa shape index (κ2) is 4.22. The van der Waals surface area contributed by atoms with Crippen molar-refractivity contribution in [3.63, 3.8) is 0 Å². The number of piperidine rings is 1. The predicted molar refractivity (Wildman–Crippen MR) is 77.9 cm³/mol. The Morgan fingerprint density at radius 2 is 2.15 bits per heavy atom. The second-order valence-electron chi connectivity index (χ2n) is 7.04. The Morgan fingerprint density at radius 3 is 3.00 bits per heavy atom. The van der Waals surface area contributed by atoms with Crippen LogP contribution >= 0.6 is 0 Å². The van der Waals surface area contributed by atoms with Gasteiger partial charge >= 0.3 is 0 Å². The highest BCUT2D eigenvalue weighted by atomic mass is 16.3. The quantitative estimate of drug-likeness (QED) is 0.760. The highest BCUT2D eigenvalue weighted by Crippen LogP contribution is 2.55. The van der Waals surface area contributed by atoms with Crippen LogP contribution in [-0.2, 0) is 11.8 Å². The number of aromatic hydroxyl groups is 1. The van der Waals surface area contributed by atoms with Gasteiger partial charge < -0.3 is 15.1 Å². The molecule has 0 unspecified atom stereocenters. The van der Waals surface area contributed by atoms with Crippen LogP contribution in [0.3, 0.4) is 0 Å². The molecule has 1 aliphatic heterocycles. The first-order chi connectivity index (χ1) is 9.60. The van der Waals surface area contributed by atoms with E-state index in [0.29, 0.717) is 17.7 Å². The lowest BCUT2D eigenvalue weighted by molar-refractivity contribution is -0.0393. The summed E-state index contributed by atoms with van der Waals surface area (Å²) < 4.78 is 0. The molecule has 3 heteroatoms. The summed E-state index contributed by atoms with van der Waals surface area (Å²) in [5.41, 5.74) is 2.80. The third-order valence-electron chi connectivity index (χ3n) is 6.12. The van der Waals surface area contributed by atoms with Crippen LogP contribution in [0.25, 0.3) is 0 Å². The molecule has 20 heavy (non-hydrogen) atoms. The molecule has 0 aromatic heterocycles. The van der Waals surface area contributed by atoms with E-state index in [4.69, 9.17) is 0 Å². The molecule has 1 heterocycles. The smallest absolute Gasteiger partial charge is 0.115 e. The molecule has 108 valence electrons. The first-order valence-corrected chi connectivity index (χ1v) is 7.81. The van der Waals surface area contributed by atoms with Gasteiger partial charge in [0.05, 0.1) is 6.10 Å². The van der Waals surface area contributed by atoms with Crippen LogP contribution in [-0.4, -0.2) is 40.9 Å². The molecule has 0 spiro atoms. The van der Waals surface area contributed by atoms with Crippen molar-refractivity contribution in [3.8, 4) is 5.75 Å². The van der Waals surface area contributed by atoms with E-state index in [0.717, 1.165) is 38.6 Å². The molecule has 2 aliphatic carbocycles. The Hall–Kier alpha value is -1.06. The molecule has 3 nitrogen and oxygen atoms in total. The van der Waals surface area contributed by atoms with Crippen molar-refractivity contribution in [3.05, 3.63) is 29.3 Å². The maximum atomic E-state index is 10.2. The van der Waals surface area contributed by atoms with Crippen molar-refractivity contribution in [2.75, 3.05) is 13.6 Å². The first kappa shape index (κ1) is 12.7. The molecule has 4 rings (SSSR count). The number of likely N-dealkylation sites (N-methyl/N-ethyl adjacent to an activating group) is 1. The van der Waals surface area contributed by atoms with E-state index < -0.39 is 0 Å². The zero-order valence-electron chi connectivity index (χ0n) is 12.0. The number of likely N-dealkylation sites (tertiary alicyclic amines) is 1. The first-order valence-electron chi connectivity index (χ1n) is 7.81. The van der Waals surface area contributed by atoms with Gasteiger partial charge in [0.25, 0.3) is 0 Å². The summed E-state index contributed by atoms with van der Waals surface area (Å²) in [5.74, 6) is 1.01. The summed E-state index contributed by atoms with van der Waals surface area (Å²) in [6, 6.07) is 6.48. The molecular weight excluding hydrogens is 250 g/mol. The largest absolute Gasteiger partial charge is 0.508 e. The number of phenols is 1. The van der Waals surface area contributed by atoms with Crippen LogP contribution in [0.5, 0.6) is 5.75 Å². The summed E-state index contributed by atoms with van der Waals surface area (Å²) in [7, 11) is 2.24. The summed E-state index contributed by atoms with van der Waals surface area (Å²) in [4.78, 5) is 2.51. The number of aliphatic hydroxyl groups is 1. The van der Waals surface area contributed by atoms with E-state index >= 15 is 0 Å². The van der Waals surface area contributed by atoms with Crippen molar-refractivity contribution in [1.29, 1.82) is 0 Å². The van der Waals surface area contributed by atoms with E-state index in [2.05, 4.69) is 18.0 Å². The van der Waals surface area contributed by atoms with Crippen molar-refractivity contribution in [1.82, 2.24) is 4.90 Å². The summed E-state index contributed by atoms with van der Waals surface area (Å²) in [6.07, 6.45) is 4.95. The Labute approximate surface area is 120 Å². The van der Waals surface area contributed by atoms with Crippen molar-refractivity contribution in [2.45, 2.75) is 49.7 Å². The van der Waals surface area contributed by atoms with Crippen molar-refractivity contribution < 1.29 is 10.2 Å². The fraction of sp³-hybridized carbons (Fsp3) is 0.647. The number of phenolic OH excluding ortho intramolecular Hbond substituents is 1. The standard InChI is InChI=1S/C17H23NO2/c1-18-7-6-17-10-13(20)4-5-14(17)16(18)8-11-2-3-12(19)9-15(11)17/h2-3,9,13-14,16,19-20H,4-8,10H2,1H3/t13-,14+,16-,17+/m1/s1. The van der Waals surface area contributed by atoms with Gasteiger partial charge in [-0.1, -0.05) is 6.07 Å². The monoisotopic (exact) mass is 273 g/mol. The van der Waals surface area contributed by atoms with Crippen LogP contribution < -0.4 is 0 Å². The minimum Gasteiger partial charge on any atom is -0.508 e. The number of hydrogen-bond donors (Lipinski definition) is 2. The third kappa shape index (κ3) is 1.60. The zero-order chi connectivity index (χ0) is 13.9. The minimum absolute atomic E-state index is 0.0984. The molecule has 1 aromatic carbocycles. The second-order valence-corrected chi connectivity index (χ2v) is 7.04. The average Bonchev–Trinajstić information content (AvgIpc) is 2.43. The van der Waals surface area contributed by atoms with Gasteiger partial charge in [0.2, 0.25) is 0 Å². The maximum absolute atomic E-state index is 10.2. The molecule has 1 saturated heterocycles. The Bertz CT molecular complexity index is 544. The van der Waals surface area contributed by atoms with E-state index in [1.165, 1.54) is 11.1 Å². The van der Waals surface area contributed by atoms with Gasteiger partial charge in [-0.05, 0) is 74.9 Å². The van der Waals surface area contributed by atoms with Crippen LogP contribution in [0.2, 0.25) is 0 Å². The lowest BCUT2D eigenvalue weighted by Crippen LogP contribution is -2.61. The number of nitrogens with zero attached hydrogens (tertiary/aromatic N) is 1. The van der Waals surface area contributed by atoms with Crippen LogP contribution in [0.15, 0.2) is 18.2 Å². The fourth-order valence-corrected chi connectivity index (χ4v) is 5.19. The number of rotatable bonds is 0. The van der Waals surface area contributed by atoms with Crippen LogP contribution in [0, 0.1) is 5.92 Å². The van der Waals surface area contributed by atoms with E-state index in [1.54, 1.807) is 0 Å². The molecule has 1 aromatic rings. The van der Waals surface area contributed by atoms with Gasteiger partial charge in [-0.3, -0.25) is 0 Å². The molecule has 0 amide bonds. The summed E-state index contributed by atoms with van der Waals surface area (Å²) in [5, 5.41) is 20.2. The van der Waals surface area contributed by atoms with Gasteiger partial charge in [0.15, 0.2) is 0 Å². The van der Waals surface area contributed by atoms with Crippen molar-refractivity contribution >= 4 is 0 Å². The molecule has 2 bridgehead atoms. The minimum atomic E-state index is -0.177. The van der Waals surface area contributed by atoms with Gasteiger partial charge in [-0.2, -0.15) is 0 Å². The van der Waals surface area contributed by atoms with E-state index in [1.807, 2.05) is 12.1 Å². The Morgan fingerprint density at radius 1 is 1.30 bits per heavy atom. The van der Waals surface area contributed by atoms with Gasteiger partial charge in [0.1, 0.15) is 5.75 Å². The molecule has 4 atom stereocenters. The SMILES string of the molecule is CN1CC[C@]23C[C@H](O)CC[C@H]2[C@H]1Cc1ccc(O)cc13. The third-order valence-corrected chi connectivity index (χ3v) is 6.12. The van der Waals surface area contributed by atoms with E-state index in [-0.39, 0.29) is 11.5 Å². The topological polar surface area (TPSA) is 43.7 Å². The normalized spacial score (nSPS) is 40.0. The molecule has 2 fully saturated rings. The molecule has 1 saturated carbocycles. The van der Waals surface area contributed by atoms with Crippen LogP contribution in [0.1, 0.15) is 36.8 Å². The molecule has 3 aliphatic rings. The number of fused-ring (bicyclic) bond motifs is 1. The zero-order valence-corrected chi connectivity index (χ0v) is 12.0. The predicted octanol–water partition coefficient (Wildman–Crippen LogP) is 2.05. The van der Waals surface area contributed by atoms with Crippen molar-refractivity contribution in [2.24, 2.45) is 5.92 Å². The lowest BCUT2D eigenvalue weighted by atomic mass is 9.52. The van der Waals surface area contributed by atoms with Gasteiger partial charge in [0, 0.05) is 11.5 Å². The summed E-state index contributed by atoms with van der Waals surface area (Å²) >= 11 is 0. The summed E-state index contributed by atoms with van der Waals surface area (Å²) in [6.45, 7) is 1.10. The molecule has 0 radical (unpaired) electrons. The van der Waals surface area contributed by atoms with Crippen LogP contribution in [0.4, 0.5) is 0 Å². The lowest BCUT2D eigenvalue weighted by Gasteiger charge is -2.59. The number of hydrogen-bond acceptors (Lipinski definition) is 3. The van der Waals surface area contributed by atoms with E-state index in [9.17, 15) is 10.2 Å². The Balaban J connectivity index is 1.90. The fourth-order valence-electron chi connectivity index (χ4n) is 5.19. The Kier molecular flexibility index (Phi) is 2.67. The average molecular weight is 273 g/mol. The number of benzene rings is 1. The molecular formula is C17H23NO2. The maximum Gasteiger partial charge on any atom is 0.115 e. The van der Waals surface area contributed by atoms with Gasteiger partial charge in [-0.25, -0.2) is 0 Å². The molecule has 2 N–H and O–H groups in total. The number of aliphatic hydroxyl groups excluding tert-OH is 1.